The van der Waals surface area contributed by atoms with Gasteiger partial charge in [-0.15, -0.1) is 0 Å². The van der Waals surface area contributed by atoms with Crippen LogP contribution in [0.1, 0.15) is 12.8 Å². The first-order valence-electron chi connectivity index (χ1n) is 4.63. The second-order valence-electron chi connectivity index (χ2n) is 3.14. The zero-order valence-corrected chi connectivity index (χ0v) is 9.02. The molecule has 6 heteroatoms. The van der Waals surface area contributed by atoms with Crippen LogP contribution in [-0.4, -0.2) is 32.1 Å². The maximum atomic E-state index is 11.0. The van der Waals surface area contributed by atoms with Crippen LogP contribution in [0.3, 0.4) is 0 Å². The van der Waals surface area contributed by atoms with Gasteiger partial charge in [-0.3, -0.25) is 14.4 Å². The molecule has 1 aliphatic heterocycles. The monoisotopic (exact) mass is 228 g/mol. The molecule has 0 amide bonds. The summed E-state index contributed by atoms with van der Waals surface area (Å²) >= 11 is 0. The van der Waals surface area contributed by atoms with E-state index >= 15 is 0 Å². The van der Waals surface area contributed by atoms with Crippen LogP contribution < -0.4 is 0 Å². The van der Waals surface area contributed by atoms with Gasteiger partial charge in [0, 0.05) is 0 Å². The van der Waals surface area contributed by atoms with Crippen LogP contribution in [0, 0.1) is 5.92 Å². The molecule has 16 heavy (non-hydrogen) atoms. The zero-order valence-electron chi connectivity index (χ0n) is 9.02. The lowest BCUT2D eigenvalue weighted by Crippen LogP contribution is -2.34. The molecule has 0 aromatic rings. The van der Waals surface area contributed by atoms with Crippen molar-refractivity contribution in [3.8, 4) is 0 Å². The highest BCUT2D eigenvalue weighted by Gasteiger charge is 2.39. The Hall–Kier alpha value is -1.85. The van der Waals surface area contributed by atoms with Gasteiger partial charge in [-0.25, -0.2) is 0 Å². The maximum absolute atomic E-state index is 11.0. The number of rotatable bonds is 4. The average Bonchev–Trinajstić information content (AvgIpc) is 2.30. The maximum Gasteiger partial charge on any atom is 0.322 e. The number of methoxy groups -OCH3 is 2. The molecule has 0 saturated carbocycles. The van der Waals surface area contributed by atoms with Crippen molar-refractivity contribution in [1.82, 2.24) is 0 Å². The van der Waals surface area contributed by atoms with Gasteiger partial charge in [0.15, 0.2) is 0 Å². The molecule has 1 atom stereocenters. The van der Waals surface area contributed by atoms with Gasteiger partial charge in [0.05, 0.1) is 27.1 Å². The van der Waals surface area contributed by atoms with E-state index < -0.39 is 23.8 Å². The Labute approximate surface area is 92.2 Å². The van der Waals surface area contributed by atoms with Crippen molar-refractivity contribution < 1.29 is 28.6 Å². The van der Waals surface area contributed by atoms with E-state index in [1.54, 1.807) is 0 Å². The molecule has 6 nitrogen and oxygen atoms in total. The molecule has 0 spiro atoms. The molecule has 1 heterocycles. The molecule has 0 unspecified atom stereocenters. The van der Waals surface area contributed by atoms with E-state index in [-0.39, 0.29) is 12.8 Å². The number of cyclic esters (lactones) is 1. The van der Waals surface area contributed by atoms with Crippen molar-refractivity contribution in [2.45, 2.75) is 12.8 Å². The smallest absolute Gasteiger partial charge is 0.322 e. The van der Waals surface area contributed by atoms with Crippen LogP contribution in [0.4, 0.5) is 0 Å². The van der Waals surface area contributed by atoms with Gasteiger partial charge in [0.2, 0.25) is 0 Å². The number of esters is 3. The molecule has 0 N–H and O–H groups in total. The van der Waals surface area contributed by atoms with Crippen LogP contribution in [0.25, 0.3) is 0 Å². The molecule has 1 saturated heterocycles. The standard InChI is InChI=1S/C10H12O6/c1-14-8(11)4-3-7-6(10(13)16-7)5-9(12)15-2/h3,6H,4-5H2,1-2H3/b7-3+/t6-/m1/s1. The van der Waals surface area contributed by atoms with Gasteiger partial charge < -0.3 is 14.2 Å². The Balaban J connectivity index is 2.52. The number of carbonyl (C=O) groups is 3. The lowest BCUT2D eigenvalue weighted by atomic mass is 9.97. The van der Waals surface area contributed by atoms with E-state index in [0.29, 0.717) is 5.76 Å². The second-order valence-corrected chi connectivity index (χ2v) is 3.14. The summed E-state index contributed by atoms with van der Waals surface area (Å²) < 4.78 is 13.6. The average molecular weight is 228 g/mol. The third-order valence-corrected chi connectivity index (χ3v) is 2.14. The van der Waals surface area contributed by atoms with Gasteiger partial charge in [0.25, 0.3) is 0 Å². The summed E-state index contributed by atoms with van der Waals surface area (Å²) in [6, 6.07) is 0. The summed E-state index contributed by atoms with van der Waals surface area (Å²) in [6.45, 7) is 0. The minimum absolute atomic E-state index is 0.0107. The number of hydrogen-bond acceptors (Lipinski definition) is 6. The molecule has 0 aromatic heterocycles. The first-order chi connectivity index (χ1) is 7.58. The lowest BCUT2D eigenvalue weighted by molar-refractivity contribution is -0.162. The molecule has 88 valence electrons. The molecule has 1 fully saturated rings. The SMILES string of the molecule is COC(=O)C/C=C1/OC(=O)[C@@H]1CC(=O)OC. The minimum Gasteiger partial charge on any atom is -0.469 e. The summed E-state index contributed by atoms with van der Waals surface area (Å²) in [5.41, 5.74) is 0. The summed E-state index contributed by atoms with van der Waals surface area (Å²) in [6.07, 6.45) is 1.37. The van der Waals surface area contributed by atoms with Crippen LogP contribution in [0.2, 0.25) is 0 Å². The molecule has 1 rings (SSSR count). The molecule has 0 aliphatic carbocycles. The summed E-state index contributed by atoms with van der Waals surface area (Å²) in [7, 11) is 2.50. The zero-order chi connectivity index (χ0) is 12.1. The Morgan fingerprint density at radius 1 is 1.31 bits per heavy atom. The topological polar surface area (TPSA) is 78.9 Å². The fourth-order valence-corrected chi connectivity index (χ4v) is 1.20. The Kier molecular flexibility index (Phi) is 4.04. The highest BCUT2D eigenvalue weighted by molar-refractivity contribution is 5.88. The minimum atomic E-state index is -0.628. The molecule has 0 radical (unpaired) electrons. The summed E-state index contributed by atoms with van der Waals surface area (Å²) in [5.74, 6) is -1.72. The molecule has 0 aromatic carbocycles. The Morgan fingerprint density at radius 2 is 1.94 bits per heavy atom. The highest BCUT2D eigenvalue weighted by atomic mass is 16.6. The fraction of sp³-hybridized carbons (Fsp3) is 0.500. The first-order valence-corrected chi connectivity index (χ1v) is 4.63. The highest BCUT2D eigenvalue weighted by Crippen LogP contribution is 2.30. The van der Waals surface area contributed by atoms with E-state index in [2.05, 4.69) is 9.47 Å². The van der Waals surface area contributed by atoms with Crippen molar-refractivity contribution in [3.63, 3.8) is 0 Å². The van der Waals surface area contributed by atoms with Crippen LogP contribution in [0.5, 0.6) is 0 Å². The van der Waals surface area contributed by atoms with Crippen LogP contribution in [-0.2, 0) is 28.6 Å². The van der Waals surface area contributed by atoms with Crippen LogP contribution in [0.15, 0.2) is 11.8 Å². The second kappa shape index (κ2) is 5.29. The molecular formula is C10H12O6. The third-order valence-electron chi connectivity index (χ3n) is 2.14. The van der Waals surface area contributed by atoms with Gasteiger partial charge in [-0.2, -0.15) is 0 Å². The first kappa shape index (κ1) is 12.2. The van der Waals surface area contributed by atoms with E-state index in [4.69, 9.17) is 4.74 Å². The van der Waals surface area contributed by atoms with Crippen molar-refractivity contribution in [2.75, 3.05) is 14.2 Å². The number of hydrogen-bond donors (Lipinski definition) is 0. The van der Waals surface area contributed by atoms with Crippen molar-refractivity contribution in [1.29, 1.82) is 0 Å². The lowest BCUT2D eigenvalue weighted by Gasteiger charge is -2.26. The van der Waals surface area contributed by atoms with Gasteiger partial charge in [-0.05, 0) is 6.08 Å². The Bertz CT molecular complexity index is 343. The van der Waals surface area contributed by atoms with Gasteiger partial charge in [0.1, 0.15) is 11.7 Å². The normalized spacial score (nSPS) is 21.0. The quantitative estimate of drug-likeness (QED) is 0.504. The van der Waals surface area contributed by atoms with E-state index in [0.717, 1.165) is 0 Å². The van der Waals surface area contributed by atoms with Crippen molar-refractivity contribution in [2.24, 2.45) is 5.92 Å². The largest absolute Gasteiger partial charge is 0.469 e. The van der Waals surface area contributed by atoms with Gasteiger partial charge >= 0.3 is 17.9 Å². The van der Waals surface area contributed by atoms with Crippen LogP contribution >= 0.6 is 0 Å². The summed E-state index contributed by atoms with van der Waals surface area (Å²) in [5, 5.41) is 0. The Morgan fingerprint density at radius 3 is 2.44 bits per heavy atom. The third kappa shape index (κ3) is 2.82. The van der Waals surface area contributed by atoms with E-state index in [1.165, 1.54) is 20.3 Å². The van der Waals surface area contributed by atoms with E-state index in [1.807, 2.05) is 0 Å². The predicted molar refractivity (Wildman–Crippen MR) is 50.9 cm³/mol. The van der Waals surface area contributed by atoms with E-state index in [9.17, 15) is 14.4 Å². The number of carbonyl (C=O) groups excluding carboxylic acids is 3. The van der Waals surface area contributed by atoms with Crippen molar-refractivity contribution >= 4 is 17.9 Å². The molecule has 1 aliphatic rings. The summed E-state index contributed by atoms with van der Waals surface area (Å²) in [4.78, 5) is 32.8. The molecular weight excluding hydrogens is 216 g/mol. The van der Waals surface area contributed by atoms with Crippen molar-refractivity contribution in [3.05, 3.63) is 11.8 Å². The van der Waals surface area contributed by atoms with Gasteiger partial charge in [-0.1, -0.05) is 0 Å². The number of ether oxygens (including phenoxy) is 3. The molecule has 0 bridgehead atoms. The predicted octanol–water partition coefficient (Wildman–Crippen LogP) is 0.169. The fourth-order valence-electron chi connectivity index (χ4n) is 1.20.